The fourth-order valence-corrected chi connectivity index (χ4v) is 2.13. The second-order valence-corrected chi connectivity index (χ2v) is 4.50. The fraction of sp³-hybridized carbons (Fsp3) is 0.312. The van der Waals surface area contributed by atoms with Crippen LogP contribution in [0.25, 0.3) is 0 Å². The third-order valence-corrected chi connectivity index (χ3v) is 3.12. The van der Waals surface area contributed by atoms with Gasteiger partial charge >= 0.3 is 6.09 Å². The van der Waals surface area contributed by atoms with Crippen molar-refractivity contribution >= 4 is 6.09 Å². The van der Waals surface area contributed by atoms with Crippen molar-refractivity contribution in [1.29, 1.82) is 0 Å². The van der Waals surface area contributed by atoms with Crippen molar-refractivity contribution in [2.24, 2.45) is 0 Å². The molecule has 5 heteroatoms. The first-order valence-electron chi connectivity index (χ1n) is 7.04. The lowest BCUT2D eigenvalue weighted by atomic mass is 9.98. The number of nitrogens with one attached hydrogen (secondary N) is 1. The summed E-state index contributed by atoms with van der Waals surface area (Å²) in [5, 5.41) is 2.64. The van der Waals surface area contributed by atoms with Gasteiger partial charge < -0.3 is 10.1 Å². The molecular weight excluding hydrogens is 266 g/mol. The SMILES string of the molecule is CCNC(=O)OC(c1cnccn1)c1ccccc1CC. The number of alkyl carbamates (subject to hydrolysis) is 1. The van der Waals surface area contributed by atoms with E-state index in [-0.39, 0.29) is 0 Å². The van der Waals surface area contributed by atoms with E-state index in [0.717, 1.165) is 17.5 Å². The molecule has 1 unspecified atom stereocenters. The summed E-state index contributed by atoms with van der Waals surface area (Å²) in [4.78, 5) is 20.2. The standard InChI is InChI=1S/C16H19N3O2/c1-3-12-7-5-6-8-13(12)15(21-16(20)18-4-2)14-11-17-9-10-19-14/h5-11,15H,3-4H2,1-2H3,(H,18,20). The summed E-state index contributed by atoms with van der Waals surface area (Å²) in [6, 6.07) is 7.89. The minimum Gasteiger partial charge on any atom is -0.435 e. The normalized spacial score (nSPS) is 11.7. The monoisotopic (exact) mass is 285 g/mol. The van der Waals surface area contributed by atoms with E-state index in [1.807, 2.05) is 31.2 Å². The van der Waals surface area contributed by atoms with Crippen molar-refractivity contribution in [3.8, 4) is 0 Å². The molecule has 0 saturated carbocycles. The third-order valence-electron chi connectivity index (χ3n) is 3.12. The topological polar surface area (TPSA) is 64.1 Å². The predicted molar refractivity (Wildman–Crippen MR) is 79.9 cm³/mol. The van der Waals surface area contributed by atoms with Gasteiger partial charge in [0.25, 0.3) is 0 Å². The number of carbonyl (C=O) groups is 1. The van der Waals surface area contributed by atoms with Crippen LogP contribution in [0.4, 0.5) is 4.79 Å². The lowest BCUT2D eigenvalue weighted by Crippen LogP contribution is -2.26. The number of hydrogen-bond donors (Lipinski definition) is 1. The van der Waals surface area contributed by atoms with Crippen molar-refractivity contribution in [3.05, 3.63) is 59.7 Å². The van der Waals surface area contributed by atoms with Crippen LogP contribution < -0.4 is 5.32 Å². The zero-order valence-corrected chi connectivity index (χ0v) is 12.2. The molecule has 2 rings (SSSR count). The molecule has 1 aromatic carbocycles. The number of benzene rings is 1. The minimum atomic E-state index is -0.554. The van der Waals surface area contributed by atoms with Gasteiger partial charge in [-0.05, 0) is 18.9 Å². The largest absolute Gasteiger partial charge is 0.435 e. The lowest BCUT2D eigenvalue weighted by Gasteiger charge is -2.20. The van der Waals surface area contributed by atoms with Crippen molar-refractivity contribution < 1.29 is 9.53 Å². The molecule has 1 heterocycles. The molecule has 0 spiro atoms. The van der Waals surface area contributed by atoms with Gasteiger partial charge in [0, 0.05) is 24.5 Å². The Morgan fingerprint density at radius 3 is 2.76 bits per heavy atom. The van der Waals surface area contributed by atoms with Crippen LogP contribution in [0.1, 0.15) is 36.8 Å². The second-order valence-electron chi connectivity index (χ2n) is 4.50. The summed E-state index contributed by atoms with van der Waals surface area (Å²) in [5.41, 5.74) is 2.67. The van der Waals surface area contributed by atoms with Crippen molar-refractivity contribution in [2.45, 2.75) is 26.4 Å². The first-order valence-corrected chi connectivity index (χ1v) is 7.04. The zero-order chi connectivity index (χ0) is 15.1. The maximum absolute atomic E-state index is 11.8. The number of amides is 1. The van der Waals surface area contributed by atoms with E-state index in [1.54, 1.807) is 18.6 Å². The Hall–Kier alpha value is -2.43. The Balaban J connectivity index is 2.38. The second kappa shape index (κ2) is 7.38. The molecular formula is C16H19N3O2. The van der Waals surface area contributed by atoms with Crippen LogP contribution in [-0.2, 0) is 11.2 Å². The first-order chi connectivity index (χ1) is 10.3. The Morgan fingerprint density at radius 2 is 2.10 bits per heavy atom. The number of aromatic nitrogens is 2. The highest BCUT2D eigenvalue weighted by Crippen LogP contribution is 2.27. The first kappa shape index (κ1) is 15.0. The molecule has 1 atom stereocenters. The maximum atomic E-state index is 11.8. The maximum Gasteiger partial charge on any atom is 0.408 e. The van der Waals surface area contributed by atoms with Gasteiger partial charge in [0.1, 0.15) is 5.69 Å². The molecule has 0 saturated heterocycles. The quantitative estimate of drug-likeness (QED) is 0.917. The summed E-state index contributed by atoms with van der Waals surface area (Å²) < 4.78 is 5.55. The molecule has 0 radical (unpaired) electrons. The van der Waals surface area contributed by atoms with Crippen molar-refractivity contribution in [1.82, 2.24) is 15.3 Å². The Bertz CT molecular complexity index is 587. The molecule has 0 aliphatic heterocycles. The van der Waals surface area contributed by atoms with Crippen molar-refractivity contribution in [3.63, 3.8) is 0 Å². The van der Waals surface area contributed by atoms with E-state index in [9.17, 15) is 4.79 Å². The van der Waals surface area contributed by atoms with E-state index in [2.05, 4.69) is 22.2 Å². The van der Waals surface area contributed by atoms with E-state index in [4.69, 9.17) is 4.74 Å². The smallest absolute Gasteiger partial charge is 0.408 e. The lowest BCUT2D eigenvalue weighted by molar-refractivity contribution is 0.114. The van der Waals surface area contributed by atoms with Gasteiger partial charge in [-0.15, -0.1) is 0 Å². The molecule has 0 bridgehead atoms. The van der Waals surface area contributed by atoms with Gasteiger partial charge in [0.15, 0.2) is 6.10 Å². The zero-order valence-electron chi connectivity index (χ0n) is 12.2. The summed E-state index contributed by atoms with van der Waals surface area (Å²) in [5.74, 6) is 0. The molecule has 0 aliphatic rings. The summed E-state index contributed by atoms with van der Waals surface area (Å²) >= 11 is 0. The number of rotatable bonds is 5. The molecule has 0 fully saturated rings. The van der Waals surface area contributed by atoms with Crippen LogP contribution in [0, 0.1) is 0 Å². The minimum absolute atomic E-state index is 0.459. The van der Waals surface area contributed by atoms with Crippen LogP contribution in [0.15, 0.2) is 42.9 Å². The summed E-state index contributed by atoms with van der Waals surface area (Å²) in [6.07, 6.45) is 4.65. The van der Waals surface area contributed by atoms with Crippen LogP contribution in [-0.4, -0.2) is 22.6 Å². The van der Waals surface area contributed by atoms with Gasteiger partial charge in [-0.1, -0.05) is 31.2 Å². The Labute approximate surface area is 124 Å². The molecule has 21 heavy (non-hydrogen) atoms. The fourth-order valence-electron chi connectivity index (χ4n) is 2.13. The average Bonchev–Trinajstić information content (AvgIpc) is 2.54. The van der Waals surface area contributed by atoms with E-state index in [1.165, 1.54) is 0 Å². The van der Waals surface area contributed by atoms with Gasteiger partial charge in [-0.25, -0.2) is 4.79 Å². The average molecular weight is 285 g/mol. The van der Waals surface area contributed by atoms with Crippen molar-refractivity contribution in [2.75, 3.05) is 6.54 Å². The molecule has 5 nitrogen and oxygen atoms in total. The molecule has 110 valence electrons. The molecule has 1 N–H and O–H groups in total. The van der Waals surface area contributed by atoms with Gasteiger partial charge in [-0.2, -0.15) is 0 Å². The van der Waals surface area contributed by atoms with Crippen LogP contribution in [0.2, 0.25) is 0 Å². The third kappa shape index (κ3) is 3.78. The molecule has 0 aliphatic carbocycles. The van der Waals surface area contributed by atoms with E-state index >= 15 is 0 Å². The highest BCUT2D eigenvalue weighted by atomic mass is 16.6. The number of nitrogens with zero attached hydrogens (tertiary/aromatic N) is 2. The number of hydrogen-bond acceptors (Lipinski definition) is 4. The van der Waals surface area contributed by atoms with E-state index < -0.39 is 12.2 Å². The van der Waals surface area contributed by atoms with Crippen LogP contribution in [0.5, 0.6) is 0 Å². The number of ether oxygens (including phenoxy) is 1. The van der Waals surface area contributed by atoms with E-state index in [0.29, 0.717) is 12.2 Å². The number of carbonyl (C=O) groups excluding carboxylic acids is 1. The van der Waals surface area contributed by atoms with Crippen LogP contribution in [0.3, 0.4) is 0 Å². The van der Waals surface area contributed by atoms with Gasteiger partial charge in [0.2, 0.25) is 0 Å². The highest BCUT2D eigenvalue weighted by Gasteiger charge is 2.22. The molecule has 1 aromatic heterocycles. The summed E-state index contributed by atoms with van der Waals surface area (Å²) in [6.45, 7) is 4.43. The van der Waals surface area contributed by atoms with Crippen LogP contribution >= 0.6 is 0 Å². The van der Waals surface area contributed by atoms with Gasteiger partial charge in [0.05, 0.1) is 6.20 Å². The Kier molecular flexibility index (Phi) is 5.26. The Morgan fingerprint density at radius 1 is 1.29 bits per heavy atom. The highest BCUT2D eigenvalue weighted by molar-refractivity contribution is 5.67. The summed E-state index contributed by atoms with van der Waals surface area (Å²) in [7, 11) is 0. The molecule has 2 aromatic rings. The predicted octanol–water partition coefficient (Wildman–Crippen LogP) is 2.87. The molecule has 1 amide bonds. The number of aryl methyl sites for hydroxylation is 1. The van der Waals surface area contributed by atoms with Gasteiger partial charge in [-0.3, -0.25) is 9.97 Å².